The summed E-state index contributed by atoms with van der Waals surface area (Å²) in [5.41, 5.74) is 1.26. The first-order valence-electron chi connectivity index (χ1n) is 14.1. The van der Waals surface area contributed by atoms with Crippen molar-refractivity contribution in [2.24, 2.45) is 10.9 Å². The largest absolute Gasteiger partial charge is 0.379 e. The Morgan fingerprint density at radius 1 is 1.05 bits per heavy atom. The van der Waals surface area contributed by atoms with E-state index >= 15 is 0 Å². The number of alkyl halides is 3. The van der Waals surface area contributed by atoms with Gasteiger partial charge in [0.25, 0.3) is 6.43 Å². The van der Waals surface area contributed by atoms with E-state index in [-0.39, 0.29) is 18.5 Å². The molecule has 6 rings (SSSR count). The van der Waals surface area contributed by atoms with Gasteiger partial charge in [-0.1, -0.05) is 12.1 Å². The minimum absolute atomic E-state index is 0.125. The van der Waals surface area contributed by atoms with E-state index < -0.39 is 27.2 Å². The lowest BCUT2D eigenvalue weighted by molar-refractivity contribution is -0.0455. The second-order valence-corrected chi connectivity index (χ2v) is 13.4. The van der Waals surface area contributed by atoms with Gasteiger partial charge in [-0.15, -0.1) is 0 Å². The monoisotopic (exact) mass is 672 g/mol. The molecule has 1 aromatic carbocycles. The summed E-state index contributed by atoms with van der Waals surface area (Å²) in [6.45, 7) is 5.09. The average Bonchev–Trinajstić information content (AvgIpc) is 3.41. The Labute approximate surface area is 242 Å². The van der Waals surface area contributed by atoms with Crippen molar-refractivity contribution >= 4 is 45.1 Å². The summed E-state index contributed by atoms with van der Waals surface area (Å²) in [7, 11) is 0. The number of para-hydroxylation sites is 2. The first-order valence-corrected chi connectivity index (χ1v) is 16.3. The number of aliphatic imine (C=N–C) groups is 1. The quantitative estimate of drug-likeness (QED) is 0.441. The van der Waals surface area contributed by atoms with Crippen LogP contribution in [-0.2, 0) is 9.47 Å². The number of nitrogens with zero attached hydrogens (tertiary/aromatic N) is 5. The van der Waals surface area contributed by atoms with Crippen molar-refractivity contribution in [2.75, 3.05) is 59.3 Å². The molecule has 0 amide bonds. The molecule has 1 aromatic heterocycles. The zero-order chi connectivity index (χ0) is 27.5. The van der Waals surface area contributed by atoms with Crippen molar-refractivity contribution < 1.29 is 22.6 Å². The lowest BCUT2D eigenvalue weighted by Crippen LogP contribution is -2.52. The summed E-state index contributed by atoms with van der Waals surface area (Å²) in [5, 5.41) is 3.55. The van der Waals surface area contributed by atoms with Gasteiger partial charge < -0.3 is 14.8 Å². The maximum absolute atomic E-state index is 14.2. The maximum Gasteiger partial charge on any atom is 0.295 e. The molecular formula is C28H36F3IN6O2. The van der Waals surface area contributed by atoms with Crippen LogP contribution in [0.1, 0.15) is 37.9 Å². The summed E-state index contributed by atoms with van der Waals surface area (Å²) < 4.78 is 56.5. The van der Waals surface area contributed by atoms with Crippen LogP contribution in [0.2, 0.25) is 0 Å². The molecule has 218 valence electrons. The van der Waals surface area contributed by atoms with E-state index in [2.05, 4.69) is 20.1 Å². The van der Waals surface area contributed by atoms with Gasteiger partial charge in [0.2, 0.25) is 0 Å². The standard InChI is InChI=1S/C28H36F3IN6O2/c29-16-21-18-40-14-11-37(21)20-7-5-19(6-8-20)17-33-25-15-24(32-28(35-25)36-9-12-39-13-10-36)38-23-4-2-1-3-22(23)34-27(38)26(30)31/h1-4,15,19-21,26H,5-14,16-18H2,(H,33,35)/t19?,20?,21-/m1/s1. The lowest BCUT2D eigenvalue weighted by atomic mass is 9.84. The van der Waals surface area contributed by atoms with E-state index in [4.69, 9.17) is 14.5 Å². The van der Waals surface area contributed by atoms with Gasteiger partial charge in [0.15, 0.2) is 5.82 Å². The third-order valence-electron chi connectivity index (χ3n) is 8.21. The third kappa shape index (κ3) is 6.15. The highest BCUT2D eigenvalue weighted by molar-refractivity contribution is 14.2. The van der Waals surface area contributed by atoms with Crippen LogP contribution in [0.15, 0.2) is 35.3 Å². The normalized spacial score (nSPS) is 28.3. The first kappa shape index (κ1) is 28.3. The van der Waals surface area contributed by atoms with E-state index in [9.17, 15) is 13.2 Å². The molecule has 3 fully saturated rings. The predicted molar refractivity (Wildman–Crippen MR) is 159 cm³/mol. The lowest BCUT2D eigenvalue weighted by Gasteiger charge is -2.42. The fraction of sp³-hybridized carbons (Fsp3) is 0.607. The van der Waals surface area contributed by atoms with Crippen LogP contribution < -0.4 is 5.32 Å². The number of amidine groups is 1. The second-order valence-electron chi connectivity index (χ2n) is 10.7. The minimum atomic E-state index is -2.68. The van der Waals surface area contributed by atoms with Crippen LogP contribution in [0.25, 0.3) is 14.7 Å². The van der Waals surface area contributed by atoms with Crippen molar-refractivity contribution in [3.8, 4) is 0 Å². The molecule has 12 heteroatoms. The Morgan fingerprint density at radius 2 is 1.82 bits per heavy atom. The Bertz CT molecular complexity index is 1270. The summed E-state index contributed by atoms with van der Waals surface area (Å²) in [5.74, 6) is 0.942. The van der Waals surface area contributed by atoms with Gasteiger partial charge in [-0.05, 0) is 64.5 Å². The molecule has 2 saturated heterocycles. The number of imidazole rings is 1. The number of rotatable bonds is 7. The van der Waals surface area contributed by atoms with Crippen LogP contribution in [-0.4, -0.2) is 100 Å². The van der Waals surface area contributed by atoms with Crippen molar-refractivity contribution in [3.63, 3.8) is 0 Å². The average molecular weight is 673 g/mol. The van der Waals surface area contributed by atoms with Gasteiger partial charge in [-0.25, -0.2) is 18.2 Å². The van der Waals surface area contributed by atoms with E-state index in [1.807, 2.05) is 24.3 Å². The summed E-state index contributed by atoms with van der Waals surface area (Å²) >= 11 is -0.787. The number of aromatic nitrogens is 2. The summed E-state index contributed by atoms with van der Waals surface area (Å²) in [4.78, 5) is 13.9. The van der Waals surface area contributed by atoms with Crippen molar-refractivity contribution in [1.29, 1.82) is 0 Å². The van der Waals surface area contributed by atoms with E-state index in [1.165, 1.54) is 0 Å². The number of hydrogen-bond acceptors (Lipinski definition) is 6. The molecule has 4 heterocycles. The highest BCUT2D eigenvalue weighted by Crippen LogP contribution is 2.35. The molecule has 1 atom stereocenters. The fourth-order valence-electron chi connectivity index (χ4n) is 6.07. The van der Waals surface area contributed by atoms with Crippen LogP contribution in [0.3, 0.4) is 0 Å². The molecule has 8 nitrogen and oxygen atoms in total. The molecule has 0 unspecified atom stereocenters. The predicted octanol–water partition coefficient (Wildman–Crippen LogP) is 4.39. The van der Waals surface area contributed by atoms with Gasteiger partial charge in [0.1, 0.15) is 16.3 Å². The van der Waals surface area contributed by atoms with Crippen molar-refractivity contribution in [1.82, 2.24) is 24.7 Å². The summed E-state index contributed by atoms with van der Waals surface area (Å²) in [6, 6.07) is 7.60. The van der Waals surface area contributed by atoms with Crippen LogP contribution in [0.5, 0.6) is 0 Å². The molecule has 0 spiro atoms. The number of morpholine rings is 2. The zero-order valence-corrected chi connectivity index (χ0v) is 24.6. The Balaban J connectivity index is 1.22. The molecule has 1 saturated carbocycles. The fourth-order valence-corrected chi connectivity index (χ4v) is 9.03. The molecular weight excluding hydrogens is 636 g/mol. The number of benzene rings is 1. The van der Waals surface area contributed by atoms with Crippen LogP contribution in [0.4, 0.5) is 13.2 Å². The SMILES string of the molecule is FC[C@@H]1COCCN1C1CCC(CN=C2C=C(n3c(C(F)F)nc4ccccc43)I=C(N3CCOCC3)N2)CC1. The third-order valence-corrected chi connectivity index (χ3v) is 11.0. The van der Waals surface area contributed by atoms with E-state index in [0.29, 0.717) is 61.8 Å². The molecule has 0 radical (unpaired) electrons. The van der Waals surface area contributed by atoms with Crippen molar-refractivity contribution in [3.05, 3.63) is 36.2 Å². The van der Waals surface area contributed by atoms with E-state index in [1.54, 1.807) is 10.6 Å². The van der Waals surface area contributed by atoms with E-state index in [0.717, 1.165) is 52.8 Å². The molecule has 1 aliphatic carbocycles. The molecule has 1 N–H and O–H groups in total. The van der Waals surface area contributed by atoms with Gasteiger partial charge in [-0.2, -0.15) is 0 Å². The second kappa shape index (κ2) is 13.0. The number of halogens is 4. The van der Waals surface area contributed by atoms with Crippen molar-refractivity contribution in [2.45, 2.75) is 44.2 Å². The zero-order valence-electron chi connectivity index (χ0n) is 22.5. The highest BCUT2D eigenvalue weighted by Gasteiger charge is 2.32. The van der Waals surface area contributed by atoms with Gasteiger partial charge in [-0.3, -0.25) is 19.4 Å². The topological polar surface area (TPSA) is 67.2 Å². The Morgan fingerprint density at radius 3 is 2.60 bits per heavy atom. The number of nitrogens with one attached hydrogen (secondary N) is 1. The Hall–Kier alpha value is -1.87. The Kier molecular flexibility index (Phi) is 9.16. The number of ether oxygens (including phenoxy) is 2. The highest BCUT2D eigenvalue weighted by atomic mass is 127. The summed E-state index contributed by atoms with van der Waals surface area (Å²) in [6.07, 6.45) is 3.43. The maximum atomic E-state index is 14.2. The van der Waals surface area contributed by atoms with Gasteiger partial charge >= 0.3 is 0 Å². The minimum Gasteiger partial charge on any atom is -0.379 e. The molecule has 40 heavy (non-hydrogen) atoms. The molecule has 0 bridgehead atoms. The first-order chi connectivity index (χ1) is 19.6. The van der Waals surface area contributed by atoms with Crippen LogP contribution >= 0.6 is 20.7 Å². The number of hydrogen-bond donors (Lipinski definition) is 1. The molecule has 2 aromatic rings. The number of fused-ring (bicyclic) bond motifs is 1. The van der Waals surface area contributed by atoms with Gasteiger partial charge in [0, 0.05) is 38.3 Å². The van der Waals surface area contributed by atoms with Gasteiger partial charge in [0.05, 0.1) is 47.2 Å². The molecule has 3 aliphatic heterocycles. The smallest absolute Gasteiger partial charge is 0.295 e. The van der Waals surface area contributed by atoms with Crippen LogP contribution in [0, 0.1) is 5.92 Å². The molecule has 4 aliphatic rings.